The first-order valence-electron chi connectivity index (χ1n) is 4.91. The molecule has 1 unspecified atom stereocenters. The Morgan fingerprint density at radius 1 is 1.53 bits per heavy atom. The zero-order valence-corrected chi connectivity index (χ0v) is 10.3. The van der Waals surface area contributed by atoms with Crippen LogP contribution in [0.25, 0.3) is 0 Å². The first-order chi connectivity index (χ1) is 7.15. The first-order valence-corrected chi connectivity index (χ1v) is 5.71. The van der Waals surface area contributed by atoms with Crippen LogP contribution in [0.4, 0.5) is 0 Å². The van der Waals surface area contributed by atoms with E-state index in [-0.39, 0.29) is 5.91 Å². The van der Waals surface area contributed by atoms with E-state index in [1.807, 2.05) is 31.2 Å². The van der Waals surface area contributed by atoms with E-state index in [2.05, 4.69) is 21.2 Å². The smallest absolute Gasteiger partial charge is 0.237 e. The lowest BCUT2D eigenvalue weighted by Crippen LogP contribution is -2.39. The molecule has 1 aromatic carbocycles. The van der Waals surface area contributed by atoms with Gasteiger partial charge in [0, 0.05) is 11.0 Å². The van der Waals surface area contributed by atoms with E-state index in [9.17, 15) is 4.79 Å². The summed E-state index contributed by atoms with van der Waals surface area (Å²) in [6, 6.07) is 7.37. The first kappa shape index (κ1) is 12.2. The molecule has 0 aromatic heterocycles. The van der Waals surface area contributed by atoms with Crippen LogP contribution in [0, 0.1) is 0 Å². The Morgan fingerprint density at radius 2 is 2.20 bits per heavy atom. The maximum absolute atomic E-state index is 11.4. The fourth-order valence-electron chi connectivity index (χ4n) is 1.14. The van der Waals surface area contributed by atoms with Crippen molar-refractivity contribution in [3.63, 3.8) is 0 Å². The minimum absolute atomic E-state index is 0.103. The highest BCUT2D eigenvalue weighted by Gasteiger charge is 2.10. The second-order valence-electron chi connectivity index (χ2n) is 3.32. The van der Waals surface area contributed by atoms with Crippen molar-refractivity contribution in [2.24, 2.45) is 5.73 Å². The molecular weight excluding hydrogens is 256 g/mol. The van der Waals surface area contributed by atoms with E-state index in [4.69, 9.17) is 5.73 Å². The Hall–Kier alpha value is -0.870. The van der Waals surface area contributed by atoms with E-state index in [0.29, 0.717) is 13.0 Å². The largest absolute Gasteiger partial charge is 0.351 e. The van der Waals surface area contributed by atoms with Crippen LogP contribution in [0.5, 0.6) is 0 Å². The third-order valence-corrected chi connectivity index (χ3v) is 2.96. The van der Waals surface area contributed by atoms with E-state index >= 15 is 0 Å². The molecule has 1 rings (SSSR count). The molecule has 0 radical (unpaired) electrons. The number of nitrogens with two attached hydrogens (primary N) is 1. The number of hydrogen-bond acceptors (Lipinski definition) is 2. The Bertz CT molecular complexity index is 341. The average molecular weight is 271 g/mol. The quantitative estimate of drug-likeness (QED) is 0.877. The van der Waals surface area contributed by atoms with Crippen molar-refractivity contribution < 1.29 is 4.79 Å². The van der Waals surface area contributed by atoms with Crippen LogP contribution in [-0.2, 0) is 11.3 Å². The van der Waals surface area contributed by atoms with E-state index in [1.165, 1.54) is 0 Å². The Labute approximate surface area is 98.2 Å². The summed E-state index contributed by atoms with van der Waals surface area (Å²) in [6.07, 6.45) is 0.655. The average Bonchev–Trinajstić information content (AvgIpc) is 2.26. The highest BCUT2D eigenvalue weighted by atomic mass is 79.9. The van der Waals surface area contributed by atoms with E-state index in [0.717, 1.165) is 10.0 Å². The summed E-state index contributed by atoms with van der Waals surface area (Å²) in [6.45, 7) is 2.40. The standard InChI is InChI=1S/C11H15BrN2O/c1-2-10(13)11(15)14-7-8-5-3-4-6-9(8)12/h3-6,10H,2,7,13H2,1H3,(H,14,15). The van der Waals surface area contributed by atoms with Crippen LogP contribution in [-0.4, -0.2) is 11.9 Å². The van der Waals surface area contributed by atoms with Gasteiger partial charge in [-0.3, -0.25) is 4.79 Å². The van der Waals surface area contributed by atoms with Crippen LogP contribution in [0.15, 0.2) is 28.7 Å². The van der Waals surface area contributed by atoms with E-state index < -0.39 is 6.04 Å². The molecule has 0 aliphatic heterocycles. The molecule has 0 fully saturated rings. The number of hydrogen-bond donors (Lipinski definition) is 2. The van der Waals surface area contributed by atoms with Gasteiger partial charge in [-0.15, -0.1) is 0 Å². The molecule has 0 spiro atoms. The van der Waals surface area contributed by atoms with Crippen LogP contribution in [0.1, 0.15) is 18.9 Å². The van der Waals surface area contributed by atoms with Gasteiger partial charge in [0.15, 0.2) is 0 Å². The van der Waals surface area contributed by atoms with Gasteiger partial charge >= 0.3 is 0 Å². The maximum Gasteiger partial charge on any atom is 0.237 e. The molecule has 1 aromatic rings. The van der Waals surface area contributed by atoms with Gasteiger partial charge in [0.05, 0.1) is 6.04 Å². The summed E-state index contributed by atoms with van der Waals surface area (Å²) in [4.78, 5) is 11.4. The lowest BCUT2D eigenvalue weighted by Gasteiger charge is -2.10. The molecule has 0 aliphatic rings. The fraction of sp³-hybridized carbons (Fsp3) is 0.364. The third kappa shape index (κ3) is 3.64. The lowest BCUT2D eigenvalue weighted by molar-refractivity contribution is -0.122. The Morgan fingerprint density at radius 3 is 2.80 bits per heavy atom. The molecule has 0 bridgehead atoms. The lowest BCUT2D eigenvalue weighted by atomic mass is 10.2. The van der Waals surface area contributed by atoms with Crippen LogP contribution in [0.3, 0.4) is 0 Å². The molecule has 0 saturated heterocycles. The summed E-state index contributed by atoms with van der Waals surface area (Å²) in [5.74, 6) is -0.103. The van der Waals surface area contributed by atoms with Gasteiger partial charge in [-0.2, -0.15) is 0 Å². The van der Waals surface area contributed by atoms with Crippen molar-refractivity contribution in [3.05, 3.63) is 34.3 Å². The SMILES string of the molecule is CCC(N)C(=O)NCc1ccccc1Br. The number of carbonyl (C=O) groups is 1. The zero-order chi connectivity index (χ0) is 11.3. The summed E-state index contributed by atoms with van der Waals surface area (Å²) >= 11 is 3.42. The number of halogens is 1. The van der Waals surface area contributed by atoms with Crippen molar-refractivity contribution >= 4 is 21.8 Å². The number of amides is 1. The summed E-state index contributed by atoms with van der Waals surface area (Å²) < 4.78 is 0.996. The molecule has 15 heavy (non-hydrogen) atoms. The second kappa shape index (κ2) is 5.88. The number of rotatable bonds is 4. The Kier molecular flexibility index (Phi) is 4.78. The maximum atomic E-state index is 11.4. The Balaban J connectivity index is 2.51. The predicted octanol–water partition coefficient (Wildman–Crippen LogP) is 1.80. The molecule has 1 amide bonds. The van der Waals surface area contributed by atoms with Crippen LogP contribution < -0.4 is 11.1 Å². The van der Waals surface area contributed by atoms with Crippen molar-refractivity contribution in [2.45, 2.75) is 25.9 Å². The molecular formula is C11H15BrN2O. The van der Waals surface area contributed by atoms with Gasteiger partial charge in [0.1, 0.15) is 0 Å². The van der Waals surface area contributed by atoms with E-state index in [1.54, 1.807) is 0 Å². The summed E-state index contributed by atoms with van der Waals surface area (Å²) in [5.41, 5.74) is 6.65. The van der Waals surface area contributed by atoms with Crippen LogP contribution in [0.2, 0.25) is 0 Å². The highest BCUT2D eigenvalue weighted by molar-refractivity contribution is 9.10. The summed E-state index contributed by atoms with van der Waals surface area (Å²) in [7, 11) is 0. The molecule has 0 aliphatic carbocycles. The molecule has 0 saturated carbocycles. The summed E-state index contributed by atoms with van der Waals surface area (Å²) in [5, 5.41) is 2.80. The van der Waals surface area contributed by atoms with Crippen molar-refractivity contribution in [2.75, 3.05) is 0 Å². The van der Waals surface area contributed by atoms with Crippen LogP contribution >= 0.6 is 15.9 Å². The van der Waals surface area contributed by atoms with Crippen molar-refractivity contribution in [3.8, 4) is 0 Å². The van der Waals surface area contributed by atoms with Gasteiger partial charge in [0.25, 0.3) is 0 Å². The monoisotopic (exact) mass is 270 g/mol. The van der Waals surface area contributed by atoms with Gasteiger partial charge in [-0.1, -0.05) is 41.1 Å². The number of carbonyl (C=O) groups excluding carboxylic acids is 1. The van der Waals surface area contributed by atoms with Gasteiger partial charge in [-0.25, -0.2) is 0 Å². The number of nitrogens with one attached hydrogen (secondary N) is 1. The predicted molar refractivity (Wildman–Crippen MR) is 64.3 cm³/mol. The van der Waals surface area contributed by atoms with Crippen molar-refractivity contribution in [1.82, 2.24) is 5.32 Å². The normalized spacial score (nSPS) is 12.2. The second-order valence-corrected chi connectivity index (χ2v) is 4.18. The van der Waals surface area contributed by atoms with Gasteiger partial charge in [-0.05, 0) is 18.1 Å². The van der Waals surface area contributed by atoms with Gasteiger partial charge < -0.3 is 11.1 Å². The molecule has 82 valence electrons. The molecule has 0 heterocycles. The molecule has 4 heteroatoms. The minimum atomic E-state index is -0.410. The third-order valence-electron chi connectivity index (χ3n) is 2.19. The minimum Gasteiger partial charge on any atom is -0.351 e. The molecule has 3 nitrogen and oxygen atoms in total. The number of benzene rings is 1. The van der Waals surface area contributed by atoms with Gasteiger partial charge in [0.2, 0.25) is 5.91 Å². The zero-order valence-electron chi connectivity index (χ0n) is 8.66. The highest BCUT2D eigenvalue weighted by Crippen LogP contribution is 2.15. The topological polar surface area (TPSA) is 55.1 Å². The van der Waals surface area contributed by atoms with Crippen molar-refractivity contribution in [1.29, 1.82) is 0 Å². The molecule has 3 N–H and O–H groups in total. The fourth-order valence-corrected chi connectivity index (χ4v) is 1.57. The molecule has 1 atom stereocenters.